The summed E-state index contributed by atoms with van der Waals surface area (Å²) < 4.78 is 33.4. The summed E-state index contributed by atoms with van der Waals surface area (Å²) in [5.41, 5.74) is -7.26. The summed E-state index contributed by atoms with van der Waals surface area (Å²) in [5.74, 6) is -2.31. The van der Waals surface area contributed by atoms with Gasteiger partial charge in [0.2, 0.25) is 5.72 Å². The number of piperazine rings is 1. The van der Waals surface area contributed by atoms with Crippen molar-refractivity contribution < 1.29 is 42.2 Å². The van der Waals surface area contributed by atoms with Crippen LogP contribution in [0.15, 0.2) is 12.2 Å². The second kappa shape index (κ2) is 6.00. The highest BCUT2D eigenvalue weighted by Gasteiger charge is 2.65. The Labute approximate surface area is 143 Å². The molecule has 0 aromatic rings. The third-order valence-corrected chi connectivity index (χ3v) is 4.57. The highest BCUT2D eigenvalue weighted by atomic mass is 32.2. The fraction of sp³-hybridized carbons (Fsp3) is 0.692. The zero-order valence-electron chi connectivity index (χ0n) is 13.6. The number of carbonyl (C=O) groups is 2. The molecule has 0 unspecified atom stereocenters. The molecule has 5 N–H and O–H groups in total. The predicted molar refractivity (Wildman–Crippen MR) is 81.1 cm³/mol. The summed E-state index contributed by atoms with van der Waals surface area (Å²) in [5, 5.41) is 34.2. The number of hydrogen-bond donors (Lipinski definition) is 5. The number of ether oxygens (including phenoxy) is 1. The van der Waals surface area contributed by atoms with E-state index < -0.39 is 51.7 Å². The van der Waals surface area contributed by atoms with E-state index in [0.29, 0.717) is 6.26 Å². The van der Waals surface area contributed by atoms with Gasteiger partial charge in [0, 0.05) is 0 Å². The number of amides is 2. The highest BCUT2D eigenvalue weighted by molar-refractivity contribution is 7.86. The van der Waals surface area contributed by atoms with Crippen molar-refractivity contribution in [3.8, 4) is 0 Å². The van der Waals surface area contributed by atoms with Crippen LogP contribution in [-0.2, 0) is 28.6 Å². The Bertz CT molecular complexity index is 719. The van der Waals surface area contributed by atoms with Crippen LogP contribution in [0.5, 0.6) is 0 Å². The van der Waals surface area contributed by atoms with E-state index in [9.17, 15) is 33.3 Å². The van der Waals surface area contributed by atoms with Gasteiger partial charge in [-0.05, 0) is 18.9 Å². The summed E-state index contributed by atoms with van der Waals surface area (Å²) in [4.78, 5) is 24.9. The van der Waals surface area contributed by atoms with E-state index >= 15 is 0 Å². The van der Waals surface area contributed by atoms with E-state index in [1.165, 1.54) is 0 Å². The third-order valence-electron chi connectivity index (χ3n) is 4.03. The Morgan fingerprint density at radius 3 is 2.52 bits per heavy atom. The van der Waals surface area contributed by atoms with E-state index in [2.05, 4.69) is 11.9 Å². The van der Waals surface area contributed by atoms with Crippen LogP contribution in [0.2, 0.25) is 0 Å². The molecule has 3 heterocycles. The van der Waals surface area contributed by atoms with Crippen LogP contribution in [0.1, 0.15) is 13.3 Å². The van der Waals surface area contributed by atoms with E-state index in [-0.39, 0.29) is 18.6 Å². The first-order chi connectivity index (χ1) is 11.3. The minimum Gasteiger partial charge on any atom is -0.393 e. The van der Waals surface area contributed by atoms with E-state index in [0.717, 1.165) is 6.92 Å². The molecule has 3 aliphatic rings. The molecule has 2 bridgehead atoms. The van der Waals surface area contributed by atoms with Crippen LogP contribution in [-0.4, -0.2) is 78.2 Å². The molecule has 3 rings (SSSR count). The van der Waals surface area contributed by atoms with Gasteiger partial charge in [-0.3, -0.25) is 13.8 Å². The summed E-state index contributed by atoms with van der Waals surface area (Å²) in [6.45, 7) is 3.25. The van der Waals surface area contributed by atoms with Crippen LogP contribution >= 0.6 is 0 Å². The molecule has 142 valence electrons. The number of fused-ring (bicyclic) bond motifs is 5. The van der Waals surface area contributed by atoms with Gasteiger partial charge < -0.3 is 30.7 Å². The zero-order chi connectivity index (χ0) is 19.3. The van der Waals surface area contributed by atoms with E-state index in [1.54, 1.807) is 0 Å². The zero-order valence-corrected chi connectivity index (χ0v) is 14.4. The number of aliphatic hydroxyl groups is 3. The van der Waals surface area contributed by atoms with Crippen molar-refractivity contribution in [3.63, 3.8) is 0 Å². The molecule has 12 heteroatoms. The van der Waals surface area contributed by atoms with Gasteiger partial charge >= 0.3 is 0 Å². The highest BCUT2D eigenvalue weighted by Crippen LogP contribution is 2.35. The second-order valence-corrected chi connectivity index (χ2v) is 7.85. The van der Waals surface area contributed by atoms with Crippen LogP contribution in [0.25, 0.3) is 0 Å². The molecular weight excluding hydrogens is 360 g/mol. The van der Waals surface area contributed by atoms with Crippen LogP contribution in [0.3, 0.4) is 0 Å². The van der Waals surface area contributed by atoms with Gasteiger partial charge in [-0.25, -0.2) is 0 Å². The van der Waals surface area contributed by atoms with Gasteiger partial charge in [-0.15, -0.1) is 0 Å². The number of nitrogens with one attached hydrogen (secondary N) is 2. The first kappa shape index (κ1) is 19.8. The molecule has 0 aromatic carbocycles. The molecule has 0 aromatic heterocycles. The molecule has 0 aliphatic carbocycles. The van der Waals surface area contributed by atoms with Crippen molar-refractivity contribution in [3.05, 3.63) is 12.2 Å². The quantitative estimate of drug-likeness (QED) is 0.242. The number of hydrogen-bond acceptors (Lipinski definition) is 9. The fourth-order valence-corrected chi connectivity index (χ4v) is 3.32. The maximum absolute atomic E-state index is 12.6. The largest absolute Gasteiger partial charge is 0.393 e. The Hall–Kier alpha value is -1.57. The Kier molecular flexibility index (Phi) is 4.74. The standard InChI is InChI=1S/C13H20N2O9S/c1-7-4-5-23-13(10(18)14-12(7,20)9(17)15-13)8(11(2,19)6-16)24-25(3,21)22/h8,16,19-20H,1,4-6H2,2-3H3,(H,14,18)(H,15,17)/t8-,11-,12+,13-/m0/s1. The molecule has 0 radical (unpaired) electrons. The van der Waals surface area contributed by atoms with Crippen LogP contribution in [0, 0.1) is 0 Å². The lowest BCUT2D eigenvalue weighted by molar-refractivity contribution is -0.224. The lowest BCUT2D eigenvalue weighted by Crippen LogP contribution is -2.83. The minimum absolute atomic E-state index is 0.0406. The Balaban J connectivity index is 2.60. The molecule has 3 fully saturated rings. The molecule has 4 atom stereocenters. The van der Waals surface area contributed by atoms with Crippen molar-refractivity contribution in [1.82, 2.24) is 10.6 Å². The molecule has 2 amide bonds. The van der Waals surface area contributed by atoms with Gasteiger partial charge in [-0.1, -0.05) is 6.58 Å². The molecular formula is C13H20N2O9S. The molecule has 11 nitrogen and oxygen atoms in total. The molecule has 0 spiro atoms. The molecule has 25 heavy (non-hydrogen) atoms. The smallest absolute Gasteiger partial charge is 0.280 e. The molecule has 0 saturated carbocycles. The maximum Gasteiger partial charge on any atom is 0.280 e. The van der Waals surface area contributed by atoms with Crippen molar-refractivity contribution in [2.75, 3.05) is 19.5 Å². The Morgan fingerprint density at radius 1 is 1.40 bits per heavy atom. The minimum atomic E-state index is -4.25. The van der Waals surface area contributed by atoms with Gasteiger partial charge in [0.15, 0.2) is 6.10 Å². The van der Waals surface area contributed by atoms with Crippen LogP contribution < -0.4 is 10.6 Å². The van der Waals surface area contributed by atoms with Crippen molar-refractivity contribution in [2.24, 2.45) is 0 Å². The molecule has 3 saturated heterocycles. The lowest BCUT2D eigenvalue weighted by atomic mass is 9.85. The van der Waals surface area contributed by atoms with Gasteiger partial charge in [0.1, 0.15) is 5.60 Å². The summed E-state index contributed by atoms with van der Waals surface area (Å²) in [6.07, 6.45) is -1.42. The van der Waals surface area contributed by atoms with Gasteiger partial charge in [0.25, 0.3) is 27.7 Å². The number of rotatable bonds is 5. The van der Waals surface area contributed by atoms with Crippen molar-refractivity contribution in [2.45, 2.75) is 36.5 Å². The van der Waals surface area contributed by atoms with Gasteiger partial charge in [0.05, 0.1) is 19.5 Å². The number of aliphatic hydroxyl groups excluding tert-OH is 1. The monoisotopic (exact) mass is 380 g/mol. The third kappa shape index (κ3) is 3.28. The second-order valence-electron chi connectivity index (χ2n) is 6.25. The average Bonchev–Trinajstić information content (AvgIpc) is 2.48. The maximum atomic E-state index is 12.6. The first-order valence-corrected chi connectivity index (χ1v) is 9.01. The lowest BCUT2D eigenvalue weighted by Gasteiger charge is -2.50. The van der Waals surface area contributed by atoms with Crippen molar-refractivity contribution >= 4 is 21.9 Å². The van der Waals surface area contributed by atoms with Gasteiger partial charge in [-0.2, -0.15) is 8.42 Å². The Morgan fingerprint density at radius 2 is 2.00 bits per heavy atom. The number of carbonyl (C=O) groups excluding carboxylic acids is 2. The summed E-state index contributed by atoms with van der Waals surface area (Å²) in [6, 6.07) is 0. The SMILES string of the molecule is C=C1CCO[C@]2([C@@H](OS(C)(=O)=O)[C@@](C)(O)CO)NC(=O)[C@@]1(O)NC2=O. The van der Waals surface area contributed by atoms with Crippen molar-refractivity contribution in [1.29, 1.82) is 0 Å². The van der Waals surface area contributed by atoms with E-state index in [1.807, 2.05) is 5.32 Å². The van der Waals surface area contributed by atoms with E-state index in [4.69, 9.17) is 8.92 Å². The first-order valence-electron chi connectivity index (χ1n) is 7.20. The van der Waals surface area contributed by atoms with Crippen LogP contribution in [0.4, 0.5) is 0 Å². The summed E-state index contributed by atoms with van der Waals surface area (Å²) >= 11 is 0. The molecule has 3 aliphatic heterocycles. The summed E-state index contributed by atoms with van der Waals surface area (Å²) in [7, 11) is -4.25. The fourth-order valence-electron chi connectivity index (χ4n) is 2.62. The average molecular weight is 380 g/mol. The topological polar surface area (TPSA) is 171 Å². The normalized spacial score (nSPS) is 33.7. The predicted octanol–water partition coefficient (Wildman–Crippen LogP) is -3.32.